The Hall–Kier alpha value is -3.13. The highest BCUT2D eigenvalue weighted by atomic mass is 19.3. The van der Waals surface area contributed by atoms with Crippen molar-refractivity contribution in [2.24, 2.45) is 0 Å². The van der Waals surface area contributed by atoms with E-state index in [1.165, 1.54) is 25.3 Å². The van der Waals surface area contributed by atoms with Crippen LogP contribution in [0.5, 0.6) is 11.5 Å². The summed E-state index contributed by atoms with van der Waals surface area (Å²) in [6.45, 7) is 0.758. The molecule has 1 saturated heterocycles. The molecule has 31 heavy (non-hydrogen) atoms. The Bertz CT molecular complexity index is 897. The predicted octanol–water partition coefficient (Wildman–Crippen LogP) is 3.81. The molecule has 0 unspecified atom stereocenters. The first kappa shape index (κ1) is 22.6. The standard InChI is InChI=1S/C23H26F2N2O4/c1-26(16-18-3-7-19(8-4-18)27-11-13-30-14-12-27)22(28)10-6-17-5-9-20(31-23(24)25)21(15-17)29-2/h3-10,15,23H,11-14,16H2,1-2H3/b10-6+. The van der Waals surface area contributed by atoms with Crippen molar-refractivity contribution < 1.29 is 27.8 Å². The Balaban J connectivity index is 1.58. The van der Waals surface area contributed by atoms with Gasteiger partial charge in [0.2, 0.25) is 5.91 Å². The van der Waals surface area contributed by atoms with E-state index >= 15 is 0 Å². The number of amides is 1. The number of rotatable bonds is 8. The zero-order valence-corrected chi connectivity index (χ0v) is 17.6. The molecule has 1 aliphatic heterocycles. The van der Waals surface area contributed by atoms with Gasteiger partial charge in [-0.25, -0.2) is 0 Å². The van der Waals surface area contributed by atoms with E-state index in [9.17, 15) is 13.6 Å². The summed E-state index contributed by atoms with van der Waals surface area (Å²) in [5.41, 5.74) is 2.81. The summed E-state index contributed by atoms with van der Waals surface area (Å²) in [6, 6.07) is 12.7. The van der Waals surface area contributed by atoms with Gasteiger partial charge in [0.15, 0.2) is 11.5 Å². The van der Waals surface area contributed by atoms with Crippen molar-refractivity contribution >= 4 is 17.7 Å². The summed E-state index contributed by atoms with van der Waals surface area (Å²) in [5, 5.41) is 0. The van der Waals surface area contributed by atoms with Gasteiger partial charge in [0, 0.05) is 38.4 Å². The zero-order chi connectivity index (χ0) is 22.2. The highest BCUT2D eigenvalue weighted by molar-refractivity contribution is 5.91. The van der Waals surface area contributed by atoms with Gasteiger partial charge < -0.3 is 24.0 Å². The van der Waals surface area contributed by atoms with Gasteiger partial charge in [-0.3, -0.25) is 4.79 Å². The van der Waals surface area contributed by atoms with Gasteiger partial charge in [0.05, 0.1) is 20.3 Å². The van der Waals surface area contributed by atoms with Crippen LogP contribution in [0.15, 0.2) is 48.5 Å². The lowest BCUT2D eigenvalue weighted by molar-refractivity contribution is -0.125. The maximum atomic E-state index is 12.5. The summed E-state index contributed by atoms with van der Waals surface area (Å²) >= 11 is 0. The quantitative estimate of drug-likeness (QED) is 0.594. The van der Waals surface area contributed by atoms with E-state index in [2.05, 4.69) is 21.8 Å². The Labute approximate surface area is 180 Å². The first-order valence-corrected chi connectivity index (χ1v) is 9.94. The van der Waals surface area contributed by atoms with Gasteiger partial charge in [-0.2, -0.15) is 8.78 Å². The van der Waals surface area contributed by atoms with Crippen LogP contribution in [-0.2, 0) is 16.1 Å². The largest absolute Gasteiger partial charge is 0.493 e. The second kappa shape index (κ2) is 10.8. The number of carbonyl (C=O) groups is 1. The molecule has 0 N–H and O–H groups in total. The van der Waals surface area contributed by atoms with E-state index in [0.717, 1.165) is 37.6 Å². The summed E-state index contributed by atoms with van der Waals surface area (Å²) in [5.74, 6) is -0.0636. The number of carbonyl (C=O) groups excluding carboxylic acids is 1. The summed E-state index contributed by atoms with van der Waals surface area (Å²) < 4.78 is 39.7. The first-order valence-electron chi connectivity index (χ1n) is 9.94. The van der Waals surface area contributed by atoms with E-state index in [-0.39, 0.29) is 17.4 Å². The van der Waals surface area contributed by atoms with Gasteiger partial charge in [-0.1, -0.05) is 18.2 Å². The van der Waals surface area contributed by atoms with E-state index < -0.39 is 6.61 Å². The lowest BCUT2D eigenvalue weighted by Gasteiger charge is -2.29. The zero-order valence-electron chi connectivity index (χ0n) is 17.6. The predicted molar refractivity (Wildman–Crippen MR) is 115 cm³/mol. The number of anilines is 1. The number of nitrogens with zero attached hydrogens (tertiary/aromatic N) is 2. The maximum absolute atomic E-state index is 12.5. The minimum Gasteiger partial charge on any atom is -0.493 e. The topological polar surface area (TPSA) is 51.2 Å². The first-order chi connectivity index (χ1) is 15.0. The second-order valence-corrected chi connectivity index (χ2v) is 7.08. The van der Waals surface area contributed by atoms with Crippen LogP contribution in [0.3, 0.4) is 0 Å². The number of benzene rings is 2. The fraction of sp³-hybridized carbons (Fsp3) is 0.348. The van der Waals surface area contributed by atoms with Gasteiger partial charge in [0.1, 0.15) is 0 Å². The van der Waals surface area contributed by atoms with Crippen LogP contribution >= 0.6 is 0 Å². The van der Waals surface area contributed by atoms with Crippen molar-refractivity contribution in [2.45, 2.75) is 13.2 Å². The lowest BCUT2D eigenvalue weighted by atomic mass is 10.1. The molecule has 1 aliphatic rings. The summed E-state index contributed by atoms with van der Waals surface area (Å²) in [7, 11) is 3.09. The molecular formula is C23H26F2N2O4. The number of hydrogen-bond acceptors (Lipinski definition) is 5. The van der Waals surface area contributed by atoms with Crippen LogP contribution in [0.1, 0.15) is 11.1 Å². The Morgan fingerprint density at radius 2 is 1.87 bits per heavy atom. The molecule has 2 aromatic carbocycles. The van der Waals surface area contributed by atoms with Crippen LogP contribution in [0.4, 0.5) is 14.5 Å². The van der Waals surface area contributed by atoms with Crippen LogP contribution in [0, 0.1) is 0 Å². The molecule has 1 heterocycles. The van der Waals surface area contributed by atoms with Crippen molar-refractivity contribution in [3.63, 3.8) is 0 Å². The normalized spacial score (nSPS) is 14.2. The fourth-order valence-electron chi connectivity index (χ4n) is 3.26. The van der Waals surface area contributed by atoms with Gasteiger partial charge in [-0.05, 0) is 41.5 Å². The number of ether oxygens (including phenoxy) is 3. The minimum absolute atomic E-state index is 0.0568. The molecule has 166 valence electrons. The van der Waals surface area contributed by atoms with Gasteiger partial charge >= 0.3 is 6.61 Å². The number of morpholine rings is 1. The Morgan fingerprint density at radius 1 is 1.16 bits per heavy atom. The minimum atomic E-state index is -2.94. The Morgan fingerprint density at radius 3 is 2.52 bits per heavy atom. The van der Waals surface area contributed by atoms with E-state index in [4.69, 9.17) is 9.47 Å². The highest BCUT2D eigenvalue weighted by Gasteiger charge is 2.13. The molecule has 0 aromatic heterocycles. The second-order valence-electron chi connectivity index (χ2n) is 7.08. The molecule has 1 amide bonds. The van der Waals surface area contributed by atoms with E-state index in [1.807, 2.05) is 12.1 Å². The number of alkyl halides is 2. The van der Waals surface area contributed by atoms with Crippen LogP contribution < -0.4 is 14.4 Å². The monoisotopic (exact) mass is 432 g/mol. The number of halogens is 2. The molecule has 0 bridgehead atoms. The van der Waals surface area contributed by atoms with Crippen molar-refractivity contribution in [3.8, 4) is 11.5 Å². The van der Waals surface area contributed by atoms with Gasteiger partial charge in [0.25, 0.3) is 0 Å². The Kier molecular flexibility index (Phi) is 7.83. The number of methoxy groups -OCH3 is 1. The average Bonchev–Trinajstić information content (AvgIpc) is 2.78. The van der Waals surface area contributed by atoms with Crippen molar-refractivity contribution in [1.29, 1.82) is 0 Å². The summed E-state index contributed by atoms with van der Waals surface area (Å²) in [6.07, 6.45) is 3.04. The molecule has 1 fully saturated rings. The molecule has 0 atom stereocenters. The fourth-order valence-corrected chi connectivity index (χ4v) is 3.26. The molecule has 0 spiro atoms. The maximum Gasteiger partial charge on any atom is 0.387 e. The lowest BCUT2D eigenvalue weighted by Crippen LogP contribution is -2.36. The molecule has 2 aromatic rings. The van der Waals surface area contributed by atoms with Crippen LogP contribution in [0.2, 0.25) is 0 Å². The van der Waals surface area contributed by atoms with E-state index in [0.29, 0.717) is 12.1 Å². The highest BCUT2D eigenvalue weighted by Crippen LogP contribution is 2.29. The average molecular weight is 432 g/mol. The third kappa shape index (κ3) is 6.42. The van der Waals surface area contributed by atoms with Crippen molar-refractivity contribution in [1.82, 2.24) is 4.90 Å². The molecule has 6 nitrogen and oxygen atoms in total. The number of hydrogen-bond donors (Lipinski definition) is 0. The molecule has 0 aliphatic carbocycles. The van der Waals surface area contributed by atoms with Crippen LogP contribution in [-0.4, -0.2) is 57.9 Å². The third-order valence-electron chi connectivity index (χ3n) is 4.93. The van der Waals surface area contributed by atoms with Crippen molar-refractivity contribution in [3.05, 3.63) is 59.7 Å². The molecule has 0 radical (unpaired) electrons. The smallest absolute Gasteiger partial charge is 0.387 e. The number of likely N-dealkylation sites (N-methyl/N-ethyl adjacent to an activating group) is 1. The molecular weight excluding hydrogens is 406 g/mol. The van der Waals surface area contributed by atoms with E-state index in [1.54, 1.807) is 24.1 Å². The van der Waals surface area contributed by atoms with Gasteiger partial charge in [-0.15, -0.1) is 0 Å². The molecule has 0 saturated carbocycles. The SMILES string of the molecule is COc1cc(/C=C/C(=O)N(C)Cc2ccc(N3CCOCC3)cc2)ccc1OC(F)F. The molecule has 3 rings (SSSR count). The third-order valence-corrected chi connectivity index (χ3v) is 4.93. The summed E-state index contributed by atoms with van der Waals surface area (Å²) in [4.78, 5) is 16.3. The van der Waals surface area contributed by atoms with Crippen molar-refractivity contribution in [2.75, 3.05) is 45.4 Å². The molecule has 8 heteroatoms. The van der Waals surface area contributed by atoms with Crippen LogP contribution in [0.25, 0.3) is 6.08 Å².